The number of amides is 2. The summed E-state index contributed by atoms with van der Waals surface area (Å²) in [5.41, 5.74) is 3.64. The van der Waals surface area contributed by atoms with E-state index in [-0.39, 0.29) is 24.7 Å². The van der Waals surface area contributed by atoms with Gasteiger partial charge in [0.05, 0.1) is 24.6 Å². The summed E-state index contributed by atoms with van der Waals surface area (Å²) in [4.78, 5) is 47.6. The number of hydrazine groups is 1. The van der Waals surface area contributed by atoms with Crippen molar-refractivity contribution in [3.05, 3.63) is 18.0 Å². The molecule has 1 aromatic rings. The minimum Gasteiger partial charge on any atom is -0.347 e. The summed E-state index contributed by atoms with van der Waals surface area (Å²) in [5, 5.41) is 11.7. The molecule has 1 aliphatic carbocycles. The van der Waals surface area contributed by atoms with Gasteiger partial charge in [-0.15, -0.1) is 0 Å². The fraction of sp³-hybridized carbons (Fsp3) is 0.667. The van der Waals surface area contributed by atoms with Gasteiger partial charge in [0.2, 0.25) is 18.3 Å². The fourth-order valence-electron chi connectivity index (χ4n) is 4.46. The number of hydrogen-bond donors (Lipinski definition) is 2. The number of Topliss-reactive ketones (excluding diaryl/α,β-unsaturated/α-hetero) is 1. The van der Waals surface area contributed by atoms with Gasteiger partial charge in [0.25, 0.3) is 0 Å². The van der Waals surface area contributed by atoms with E-state index in [1.165, 1.54) is 5.01 Å². The maximum atomic E-state index is 13.3. The number of rotatable bonds is 10. The van der Waals surface area contributed by atoms with Gasteiger partial charge in [-0.3, -0.25) is 24.6 Å². The molecule has 2 amide bonds. The number of carbonyl (C=O) groups is 3. The van der Waals surface area contributed by atoms with Crippen molar-refractivity contribution in [3.8, 4) is 0 Å². The van der Waals surface area contributed by atoms with Gasteiger partial charge in [-0.1, -0.05) is 25.7 Å². The molecule has 0 aromatic carbocycles. The van der Waals surface area contributed by atoms with Crippen molar-refractivity contribution in [2.45, 2.75) is 51.0 Å². The lowest BCUT2D eigenvalue weighted by Crippen LogP contribution is -2.51. The van der Waals surface area contributed by atoms with Gasteiger partial charge < -0.3 is 4.90 Å². The number of nitrogens with one attached hydrogen (secondary N) is 1. The molecule has 1 saturated carbocycles. The van der Waals surface area contributed by atoms with Crippen LogP contribution in [-0.2, 0) is 20.8 Å². The van der Waals surface area contributed by atoms with Gasteiger partial charge >= 0.3 is 0 Å². The van der Waals surface area contributed by atoms with Crippen LogP contribution in [0.3, 0.4) is 0 Å². The number of anilines is 1. The van der Waals surface area contributed by atoms with Gasteiger partial charge in [-0.2, -0.15) is 0 Å². The molecule has 1 aromatic heterocycles. The second kappa shape index (κ2) is 10.6. The van der Waals surface area contributed by atoms with Crippen LogP contribution in [-0.4, -0.2) is 76.6 Å². The van der Waals surface area contributed by atoms with Crippen LogP contribution in [0.2, 0.25) is 0 Å². The van der Waals surface area contributed by atoms with Crippen molar-refractivity contribution in [1.29, 1.82) is 0 Å². The second-order valence-corrected chi connectivity index (χ2v) is 8.62. The molecule has 1 saturated heterocycles. The van der Waals surface area contributed by atoms with Crippen LogP contribution < -0.4 is 10.3 Å². The molecule has 2 heterocycles. The molecule has 2 N–H and O–H groups in total. The highest BCUT2D eigenvalue weighted by molar-refractivity contribution is 5.91. The van der Waals surface area contributed by atoms with E-state index in [1.54, 1.807) is 17.2 Å². The van der Waals surface area contributed by atoms with Gasteiger partial charge in [-0.25, -0.2) is 20.5 Å². The van der Waals surface area contributed by atoms with Crippen LogP contribution in [0.15, 0.2) is 12.3 Å². The number of aromatic nitrogens is 2. The lowest BCUT2D eigenvalue weighted by molar-refractivity contribution is -0.159. The number of carbonyl (C=O) groups excluding carboxylic acids is 3. The third kappa shape index (κ3) is 5.98. The van der Waals surface area contributed by atoms with E-state index in [9.17, 15) is 19.6 Å². The van der Waals surface area contributed by atoms with Crippen LogP contribution in [0.1, 0.15) is 44.2 Å². The number of hydrogen-bond acceptors (Lipinski definition) is 8. The Hall–Kier alpha value is -2.59. The van der Waals surface area contributed by atoms with Crippen molar-refractivity contribution >= 4 is 24.0 Å². The zero-order valence-electron chi connectivity index (χ0n) is 18.2. The van der Waals surface area contributed by atoms with Gasteiger partial charge in [-0.05, 0) is 24.8 Å². The van der Waals surface area contributed by atoms with Crippen LogP contribution in [0.25, 0.3) is 0 Å². The molecular formula is C21H32N6O4. The highest BCUT2D eigenvalue weighted by Crippen LogP contribution is 2.31. The first-order valence-corrected chi connectivity index (χ1v) is 10.9. The Kier molecular flexibility index (Phi) is 7.91. The quantitative estimate of drug-likeness (QED) is 0.317. The Morgan fingerprint density at radius 3 is 2.74 bits per heavy atom. The van der Waals surface area contributed by atoms with Gasteiger partial charge in [0, 0.05) is 26.8 Å². The Morgan fingerprint density at radius 2 is 2.06 bits per heavy atom. The number of hydroxylamine groups is 2. The third-order valence-corrected chi connectivity index (χ3v) is 6.05. The topological polar surface area (TPSA) is 119 Å². The summed E-state index contributed by atoms with van der Waals surface area (Å²) >= 11 is 0. The highest BCUT2D eigenvalue weighted by Gasteiger charge is 2.38. The molecule has 0 radical (unpaired) electrons. The molecule has 0 spiro atoms. The predicted molar refractivity (Wildman–Crippen MR) is 113 cm³/mol. The lowest BCUT2D eigenvalue weighted by atomic mass is 9.91. The van der Waals surface area contributed by atoms with E-state index in [0.717, 1.165) is 25.7 Å². The van der Waals surface area contributed by atoms with Crippen LogP contribution in [0.5, 0.6) is 0 Å². The summed E-state index contributed by atoms with van der Waals surface area (Å²) < 4.78 is 0. The summed E-state index contributed by atoms with van der Waals surface area (Å²) in [6.07, 6.45) is 7.53. The Labute approximate surface area is 182 Å². The number of nitrogens with zero attached hydrogens (tertiary/aromatic N) is 5. The maximum Gasteiger partial charge on any atom is 0.242 e. The lowest BCUT2D eigenvalue weighted by Gasteiger charge is -2.30. The molecule has 2 aliphatic rings. The third-order valence-electron chi connectivity index (χ3n) is 6.05. The average Bonchev–Trinajstić information content (AvgIpc) is 3.45. The van der Waals surface area contributed by atoms with Crippen LogP contribution in [0.4, 0.5) is 5.95 Å². The summed E-state index contributed by atoms with van der Waals surface area (Å²) in [7, 11) is 3.66. The minimum absolute atomic E-state index is 0.0734. The Balaban J connectivity index is 1.70. The summed E-state index contributed by atoms with van der Waals surface area (Å²) in [6, 6.07) is 1.11. The van der Waals surface area contributed by atoms with Gasteiger partial charge in [0.1, 0.15) is 6.04 Å². The van der Waals surface area contributed by atoms with Gasteiger partial charge in [0.15, 0.2) is 5.78 Å². The summed E-state index contributed by atoms with van der Waals surface area (Å²) in [5.74, 6) is 0.0177. The molecular weight excluding hydrogens is 400 g/mol. The molecule has 0 bridgehead atoms. The van der Waals surface area contributed by atoms with Crippen LogP contribution >= 0.6 is 0 Å². The van der Waals surface area contributed by atoms with Crippen molar-refractivity contribution in [2.75, 3.05) is 32.1 Å². The van der Waals surface area contributed by atoms with E-state index in [2.05, 4.69) is 15.4 Å². The standard InChI is InChI=1S/C21H32N6O4/c1-25(2)21-22-9-7-17(24-21)12-19(29)18-8-10-23-27(18)20(30)16(13-26(31)14-28)11-15-5-3-4-6-15/h7,9,14-16,18,23,31H,3-6,8,10-13H2,1-2H3/t16-,18+/m1/s1. The SMILES string of the molecule is CN(C)c1nccc(CC(=O)[C@@H]2CCNN2C(=O)[C@H](CC2CCCC2)CN(O)C=O)n1. The zero-order chi connectivity index (χ0) is 22.4. The molecule has 2 fully saturated rings. The minimum atomic E-state index is -0.597. The van der Waals surface area contributed by atoms with Crippen molar-refractivity contribution < 1.29 is 19.6 Å². The molecule has 0 unspecified atom stereocenters. The molecule has 1 aliphatic heterocycles. The molecule has 3 rings (SSSR count). The molecule has 31 heavy (non-hydrogen) atoms. The fourth-order valence-corrected chi connectivity index (χ4v) is 4.46. The second-order valence-electron chi connectivity index (χ2n) is 8.62. The highest BCUT2D eigenvalue weighted by atomic mass is 16.5. The zero-order valence-corrected chi connectivity index (χ0v) is 18.2. The Bertz CT molecular complexity index is 783. The van der Waals surface area contributed by atoms with E-state index >= 15 is 0 Å². The molecule has 2 atom stereocenters. The van der Waals surface area contributed by atoms with Crippen LogP contribution in [0, 0.1) is 11.8 Å². The smallest absolute Gasteiger partial charge is 0.242 e. The van der Waals surface area contributed by atoms with E-state index in [1.807, 2.05) is 14.1 Å². The largest absolute Gasteiger partial charge is 0.347 e. The van der Waals surface area contributed by atoms with E-state index in [4.69, 9.17) is 0 Å². The molecule has 170 valence electrons. The van der Waals surface area contributed by atoms with E-state index < -0.39 is 12.0 Å². The monoisotopic (exact) mass is 432 g/mol. The number of ketones is 1. The average molecular weight is 433 g/mol. The first-order valence-electron chi connectivity index (χ1n) is 10.9. The normalized spacial score (nSPS) is 20.0. The van der Waals surface area contributed by atoms with Crippen molar-refractivity contribution in [1.82, 2.24) is 25.5 Å². The molecule has 10 heteroatoms. The molecule has 10 nitrogen and oxygen atoms in total. The van der Waals surface area contributed by atoms with Crippen molar-refractivity contribution in [2.24, 2.45) is 11.8 Å². The van der Waals surface area contributed by atoms with Crippen molar-refractivity contribution in [3.63, 3.8) is 0 Å². The Morgan fingerprint density at radius 1 is 1.32 bits per heavy atom. The van der Waals surface area contributed by atoms with E-state index in [0.29, 0.717) is 48.4 Å². The summed E-state index contributed by atoms with van der Waals surface area (Å²) in [6.45, 7) is 0.442. The first kappa shape index (κ1) is 23.1. The maximum absolute atomic E-state index is 13.3. The predicted octanol–water partition coefficient (Wildman–Crippen LogP) is 0.804. The first-order chi connectivity index (χ1) is 14.9.